The van der Waals surface area contributed by atoms with Gasteiger partial charge in [0.25, 0.3) is 0 Å². The SMILES string of the molecule is CSCCCNc1ccc(NS(C)(=O)=O)c(C)c1. The summed E-state index contributed by atoms with van der Waals surface area (Å²) >= 11 is 1.83. The van der Waals surface area contributed by atoms with E-state index >= 15 is 0 Å². The molecule has 1 aromatic carbocycles. The Balaban J connectivity index is 2.62. The Labute approximate surface area is 114 Å². The van der Waals surface area contributed by atoms with Crippen LogP contribution in [0.25, 0.3) is 0 Å². The van der Waals surface area contributed by atoms with Gasteiger partial charge in [-0.25, -0.2) is 8.42 Å². The maximum absolute atomic E-state index is 11.2. The van der Waals surface area contributed by atoms with Crippen LogP contribution in [0.4, 0.5) is 11.4 Å². The molecule has 0 aliphatic rings. The van der Waals surface area contributed by atoms with Gasteiger partial charge in [0.15, 0.2) is 0 Å². The lowest BCUT2D eigenvalue weighted by atomic mass is 10.2. The van der Waals surface area contributed by atoms with E-state index < -0.39 is 10.0 Å². The van der Waals surface area contributed by atoms with Crippen molar-refractivity contribution in [2.45, 2.75) is 13.3 Å². The molecule has 1 rings (SSSR count). The second-order valence-electron chi connectivity index (χ2n) is 4.18. The lowest BCUT2D eigenvalue weighted by Crippen LogP contribution is -2.11. The van der Waals surface area contributed by atoms with E-state index in [-0.39, 0.29) is 0 Å². The Morgan fingerprint density at radius 2 is 2.06 bits per heavy atom. The van der Waals surface area contributed by atoms with Crippen LogP contribution in [0.5, 0.6) is 0 Å². The molecule has 0 heterocycles. The van der Waals surface area contributed by atoms with Gasteiger partial charge in [-0.1, -0.05) is 0 Å². The van der Waals surface area contributed by atoms with E-state index in [1.165, 1.54) is 0 Å². The molecule has 0 bridgehead atoms. The first kappa shape index (κ1) is 15.2. The van der Waals surface area contributed by atoms with Gasteiger partial charge in [-0.15, -0.1) is 0 Å². The van der Waals surface area contributed by atoms with E-state index in [1.807, 2.05) is 30.8 Å². The summed E-state index contributed by atoms with van der Waals surface area (Å²) in [5.74, 6) is 1.14. The highest BCUT2D eigenvalue weighted by molar-refractivity contribution is 7.98. The highest BCUT2D eigenvalue weighted by Crippen LogP contribution is 2.20. The molecule has 0 aromatic heterocycles. The lowest BCUT2D eigenvalue weighted by molar-refractivity contribution is 0.607. The van der Waals surface area contributed by atoms with Crippen molar-refractivity contribution in [2.24, 2.45) is 0 Å². The van der Waals surface area contributed by atoms with Crippen molar-refractivity contribution in [3.63, 3.8) is 0 Å². The molecule has 102 valence electrons. The molecule has 0 radical (unpaired) electrons. The topological polar surface area (TPSA) is 58.2 Å². The van der Waals surface area contributed by atoms with Crippen molar-refractivity contribution in [3.8, 4) is 0 Å². The van der Waals surface area contributed by atoms with Crippen LogP contribution in [0.3, 0.4) is 0 Å². The van der Waals surface area contributed by atoms with E-state index in [0.29, 0.717) is 5.69 Å². The highest BCUT2D eigenvalue weighted by Gasteiger charge is 2.05. The number of hydrogen-bond acceptors (Lipinski definition) is 4. The maximum atomic E-state index is 11.2. The monoisotopic (exact) mass is 288 g/mol. The number of benzene rings is 1. The van der Waals surface area contributed by atoms with Gasteiger partial charge in [0.1, 0.15) is 0 Å². The second-order valence-corrected chi connectivity index (χ2v) is 6.91. The fourth-order valence-corrected chi connectivity index (χ4v) is 2.60. The highest BCUT2D eigenvalue weighted by atomic mass is 32.2. The number of rotatable bonds is 7. The summed E-state index contributed by atoms with van der Waals surface area (Å²) in [6.07, 6.45) is 4.36. The molecule has 0 aliphatic carbocycles. The summed E-state index contributed by atoms with van der Waals surface area (Å²) in [7, 11) is -3.21. The van der Waals surface area contributed by atoms with Crippen molar-refractivity contribution in [2.75, 3.05) is 34.8 Å². The fraction of sp³-hybridized carbons (Fsp3) is 0.500. The Kier molecular flexibility index (Phi) is 5.81. The Morgan fingerprint density at radius 3 is 2.61 bits per heavy atom. The van der Waals surface area contributed by atoms with Crippen LogP contribution < -0.4 is 10.0 Å². The van der Waals surface area contributed by atoms with E-state index in [1.54, 1.807) is 6.07 Å². The molecule has 6 heteroatoms. The Hall–Kier alpha value is -0.880. The van der Waals surface area contributed by atoms with Gasteiger partial charge in [0.2, 0.25) is 10.0 Å². The first-order chi connectivity index (χ1) is 8.42. The van der Waals surface area contributed by atoms with E-state index in [4.69, 9.17) is 0 Å². The first-order valence-electron chi connectivity index (χ1n) is 5.73. The lowest BCUT2D eigenvalue weighted by Gasteiger charge is -2.11. The third-order valence-corrected chi connectivity index (χ3v) is 3.66. The van der Waals surface area contributed by atoms with Crippen LogP contribution in [-0.2, 0) is 10.0 Å². The van der Waals surface area contributed by atoms with E-state index in [9.17, 15) is 8.42 Å². The molecule has 0 saturated heterocycles. The van der Waals surface area contributed by atoms with Gasteiger partial charge < -0.3 is 5.32 Å². The molecular weight excluding hydrogens is 268 g/mol. The molecule has 0 unspecified atom stereocenters. The summed E-state index contributed by atoms with van der Waals surface area (Å²) in [6.45, 7) is 2.82. The van der Waals surface area contributed by atoms with Crippen LogP contribution in [0.2, 0.25) is 0 Å². The third kappa shape index (κ3) is 5.64. The zero-order valence-electron chi connectivity index (χ0n) is 11.0. The molecular formula is C12H20N2O2S2. The summed E-state index contributed by atoms with van der Waals surface area (Å²) in [5, 5.41) is 3.32. The average Bonchev–Trinajstić information content (AvgIpc) is 2.26. The molecule has 0 fully saturated rings. The maximum Gasteiger partial charge on any atom is 0.229 e. The van der Waals surface area contributed by atoms with Gasteiger partial charge in [-0.3, -0.25) is 4.72 Å². The summed E-state index contributed by atoms with van der Waals surface area (Å²) in [5.41, 5.74) is 2.56. The van der Waals surface area contributed by atoms with E-state index in [0.717, 1.165) is 36.2 Å². The van der Waals surface area contributed by atoms with Gasteiger partial charge in [-0.2, -0.15) is 11.8 Å². The summed E-state index contributed by atoms with van der Waals surface area (Å²) in [6, 6.07) is 5.62. The van der Waals surface area contributed by atoms with Gasteiger partial charge in [0.05, 0.1) is 11.9 Å². The van der Waals surface area contributed by atoms with Crippen molar-refractivity contribution in [1.29, 1.82) is 0 Å². The van der Waals surface area contributed by atoms with Crippen LogP contribution in [-0.4, -0.2) is 33.2 Å². The zero-order chi connectivity index (χ0) is 13.6. The van der Waals surface area contributed by atoms with Gasteiger partial charge in [-0.05, 0) is 49.1 Å². The quantitative estimate of drug-likeness (QED) is 0.757. The predicted molar refractivity (Wildman–Crippen MR) is 81.1 cm³/mol. The largest absolute Gasteiger partial charge is 0.385 e. The van der Waals surface area contributed by atoms with Crippen molar-refractivity contribution in [3.05, 3.63) is 23.8 Å². The van der Waals surface area contributed by atoms with Gasteiger partial charge >= 0.3 is 0 Å². The molecule has 0 saturated carbocycles. The molecule has 0 spiro atoms. The van der Waals surface area contributed by atoms with Crippen molar-refractivity contribution < 1.29 is 8.42 Å². The number of sulfonamides is 1. The Morgan fingerprint density at radius 1 is 1.33 bits per heavy atom. The first-order valence-corrected chi connectivity index (χ1v) is 9.02. The zero-order valence-corrected chi connectivity index (χ0v) is 12.6. The molecule has 0 aliphatic heterocycles. The molecule has 2 N–H and O–H groups in total. The average molecular weight is 288 g/mol. The smallest absolute Gasteiger partial charge is 0.229 e. The third-order valence-electron chi connectivity index (χ3n) is 2.38. The number of nitrogens with one attached hydrogen (secondary N) is 2. The normalized spacial score (nSPS) is 11.3. The number of thioether (sulfide) groups is 1. The minimum Gasteiger partial charge on any atom is -0.385 e. The van der Waals surface area contributed by atoms with Crippen molar-refractivity contribution in [1.82, 2.24) is 0 Å². The fourth-order valence-electron chi connectivity index (χ4n) is 1.54. The molecule has 18 heavy (non-hydrogen) atoms. The summed E-state index contributed by atoms with van der Waals surface area (Å²) < 4.78 is 24.8. The minimum absolute atomic E-state index is 0.632. The standard InChI is InChI=1S/C12H20N2O2S2/c1-10-9-11(13-7-4-8-17-2)5-6-12(10)14-18(3,15)16/h5-6,9,13-14H,4,7-8H2,1-3H3. The van der Waals surface area contributed by atoms with Crippen LogP contribution in [0, 0.1) is 6.92 Å². The molecule has 0 atom stereocenters. The van der Waals surface area contributed by atoms with Crippen LogP contribution >= 0.6 is 11.8 Å². The molecule has 1 aromatic rings. The number of hydrogen-bond donors (Lipinski definition) is 2. The van der Waals surface area contributed by atoms with Crippen LogP contribution in [0.15, 0.2) is 18.2 Å². The summed E-state index contributed by atoms with van der Waals surface area (Å²) in [4.78, 5) is 0. The van der Waals surface area contributed by atoms with E-state index in [2.05, 4.69) is 16.3 Å². The van der Waals surface area contributed by atoms with Gasteiger partial charge in [0, 0.05) is 12.2 Å². The molecule has 0 amide bonds. The molecule has 4 nitrogen and oxygen atoms in total. The number of anilines is 2. The Bertz CT molecular complexity index is 487. The second kappa shape index (κ2) is 6.89. The predicted octanol–water partition coefficient (Wildman–Crippen LogP) is 2.53. The minimum atomic E-state index is -3.21. The number of aryl methyl sites for hydroxylation is 1. The van der Waals surface area contributed by atoms with Crippen LogP contribution in [0.1, 0.15) is 12.0 Å². The van der Waals surface area contributed by atoms with Crippen molar-refractivity contribution >= 4 is 33.2 Å².